The maximum atomic E-state index is 14.0. The molecule has 3 heterocycles. The molecule has 0 radical (unpaired) electrons. The molecule has 0 unspecified atom stereocenters. The number of hydrogen-bond acceptors (Lipinski definition) is 8. The normalized spacial score (nSPS) is 11.7. The van der Waals surface area contributed by atoms with E-state index in [2.05, 4.69) is 16.8 Å². The number of anilines is 1. The summed E-state index contributed by atoms with van der Waals surface area (Å²) >= 11 is 0. The Morgan fingerprint density at radius 2 is 1.76 bits per heavy atom. The van der Waals surface area contributed by atoms with Crippen molar-refractivity contribution in [3.63, 3.8) is 0 Å². The van der Waals surface area contributed by atoms with Crippen molar-refractivity contribution < 1.29 is 17.7 Å². The maximum Gasteiger partial charge on any atom is 0.265 e. The predicted molar refractivity (Wildman–Crippen MR) is 171 cm³/mol. The summed E-state index contributed by atoms with van der Waals surface area (Å²) in [7, 11) is -0.802. The van der Waals surface area contributed by atoms with E-state index in [9.17, 15) is 18.0 Å². The number of aromatic nitrogens is 5. The van der Waals surface area contributed by atoms with Gasteiger partial charge in [0.25, 0.3) is 15.6 Å². The van der Waals surface area contributed by atoms with E-state index in [0.29, 0.717) is 51.7 Å². The predicted octanol–water partition coefficient (Wildman–Crippen LogP) is 4.32. The van der Waals surface area contributed by atoms with Crippen LogP contribution in [0.15, 0.2) is 62.7 Å². The third-order valence-electron chi connectivity index (χ3n) is 7.87. The first-order chi connectivity index (χ1) is 21.4. The molecule has 0 atom stereocenters. The summed E-state index contributed by atoms with van der Waals surface area (Å²) in [4.78, 5) is 32.8. The van der Waals surface area contributed by atoms with Gasteiger partial charge in [-0.3, -0.25) is 18.9 Å². The van der Waals surface area contributed by atoms with Crippen molar-refractivity contribution in [2.75, 3.05) is 18.8 Å². The Bertz CT molecular complexity index is 2060. The standard InChI is InChI=1S/C32H37N7O5S/c1-7-8-17-29-33-21(3)24(18-30(40)37(5)6)32(41)38(29)19-25-23-13-9-10-14-26(23)39(34-25)27-15-11-12-16-28(27)45(42,43)36-31-20(2)22(4)44-35-31/h9-16H,7-8,17-19H2,1-6H3,(H,35,36). The summed E-state index contributed by atoms with van der Waals surface area (Å²) in [5.41, 5.74) is 2.73. The Morgan fingerprint density at radius 3 is 2.44 bits per heavy atom. The molecule has 13 heteroatoms. The smallest absolute Gasteiger partial charge is 0.265 e. The zero-order valence-electron chi connectivity index (χ0n) is 26.3. The van der Waals surface area contributed by atoms with Crippen LogP contribution in [0.3, 0.4) is 0 Å². The molecule has 0 spiro atoms. The number of nitrogens with one attached hydrogen (secondary N) is 1. The summed E-state index contributed by atoms with van der Waals surface area (Å²) in [6.45, 7) is 7.35. The minimum absolute atomic E-state index is 0.00727. The van der Waals surface area contributed by atoms with Crippen LogP contribution in [-0.2, 0) is 34.2 Å². The SMILES string of the molecule is CCCCc1nc(C)c(CC(=O)N(C)C)c(=O)n1Cc1nn(-c2ccccc2S(=O)(=O)Nc2noc(C)c2C)c2ccccc12. The van der Waals surface area contributed by atoms with Crippen LogP contribution in [0.4, 0.5) is 5.82 Å². The van der Waals surface area contributed by atoms with Crippen LogP contribution >= 0.6 is 0 Å². The van der Waals surface area contributed by atoms with E-state index in [1.165, 1.54) is 11.0 Å². The number of hydrogen-bond donors (Lipinski definition) is 1. The van der Waals surface area contributed by atoms with Crippen molar-refractivity contribution in [2.24, 2.45) is 0 Å². The number of likely N-dealkylation sites (N-methyl/N-ethyl adjacent to an activating group) is 1. The Morgan fingerprint density at radius 1 is 1.04 bits per heavy atom. The van der Waals surface area contributed by atoms with Crippen LogP contribution in [0.2, 0.25) is 0 Å². The minimum Gasteiger partial charge on any atom is -0.359 e. The molecule has 0 aliphatic heterocycles. The van der Waals surface area contributed by atoms with Gasteiger partial charge in [0.2, 0.25) is 5.91 Å². The van der Waals surface area contributed by atoms with E-state index < -0.39 is 10.0 Å². The molecule has 0 bridgehead atoms. The van der Waals surface area contributed by atoms with Gasteiger partial charge in [0, 0.05) is 42.7 Å². The highest BCUT2D eigenvalue weighted by Crippen LogP contribution is 2.29. The molecule has 236 valence electrons. The lowest BCUT2D eigenvalue weighted by atomic mass is 10.1. The highest BCUT2D eigenvalue weighted by atomic mass is 32.2. The third-order valence-corrected chi connectivity index (χ3v) is 9.26. The highest BCUT2D eigenvalue weighted by Gasteiger charge is 2.25. The second-order valence-corrected chi connectivity index (χ2v) is 12.9. The number of unbranched alkanes of at least 4 members (excludes halogenated alkanes) is 1. The first kappa shape index (κ1) is 31.6. The minimum atomic E-state index is -4.11. The van der Waals surface area contributed by atoms with Crippen molar-refractivity contribution in [3.8, 4) is 5.69 Å². The molecule has 1 N–H and O–H groups in total. The van der Waals surface area contributed by atoms with Crippen LogP contribution in [0.25, 0.3) is 16.6 Å². The molecule has 0 aliphatic rings. The fraction of sp³-hybridized carbons (Fsp3) is 0.344. The summed E-state index contributed by atoms with van der Waals surface area (Å²) in [5, 5.41) is 9.50. The number of amides is 1. The first-order valence-corrected chi connectivity index (χ1v) is 16.2. The van der Waals surface area contributed by atoms with Gasteiger partial charge in [-0.05, 0) is 45.4 Å². The van der Waals surface area contributed by atoms with Gasteiger partial charge in [0.1, 0.15) is 16.5 Å². The van der Waals surface area contributed by atoms with Crippen molar-refractivity contribution >= 4 is 32.7 Å². The van der Waals surface area contributed by atoms with E-state index in [0.717, 1.165) is 18.2 Å². The second-order valence-electron chi connectivity index (χ2n) is 11.2. The van der Waals surface area contributed by atoms with E-state index in [4.69, 9.17) is 14.6 Å². The van der Waals surface area contributed by atoms with Crippen molar-refractivity contribution in [1.82, 2.24) is 29.4 Å². The molecule has 45 heavy (non-hydrogen) atoms. The third kappa shape index (κ3) is 6.25. The molecule has 0 fully saturated rings. The Kier molecular flexibility index (Phi) is 8.91. The fourth-order valence-electron chi connectivity index (χ4n) is 5.09. The van der Waals surface area contributed by atoms with E-state index in [1.807, 2.05) is 24.3 Å². The van der Waals surface area contributed by atoms with Gasteiger partial charge in [-0.25, -0.2) is 18.1 Å². The average molecular weight is 632 g/mol. The van der Waals surface area contributed by atoms with Crippen molar-refractivity contribution in [1.29, 1.82) is 0 Å². The van der Waals surface area contributed by atoms with Gasteiger partial charge in [0.15, 0.2) is 5.82 Å². The van der Waals surface area contributed by atoms with E-state index in [-0.39, 0.29) is 35.1 Å². The molecule has 0 saturated heterocycles. The Labute approximate surface area is 261 Å². The number of fused-ring (bicyclic) bond motifs is 1. The van der Waals surface area contributed by atoms with Gasteiger partial charge < -0.3 is 9.42 Å². The number of aryl methyl sites for hydroxylation is 3. The van der Waals surface area contributed by atoms with Crippen LogP contribution in [0.5, 0.6) is 0 Å². The quantitative estimate of drug-likeness (QED) is 0.227. The monoisotopic (exact) mass is 631 g/mol. The van der Waals surface area contributed by atoms with Crippen molar-refractivity contribution in [3.05, 3.63) is 93.0 Å². The number of sulfonamides is 1. The molecule has 0 aliphatic carbocycles. The second kappa shape index (κ2) is 12.7. The van der Waals surface area contributed by atoms with Crippen LogP contribution in [0, 0.1) is 20.8 Å². The fourth-order valence-corrected chi connectivity index (χ4v) is 6.34. The lowest BCUT2D eigenvalue weighted by molar-refractivity contribution is -0.128. The van der Waals surface area contributed by atoms with Gasteiger partial charge >= 0.3 is 0 Å². The lowest BCUT2D eigenvalue weighted by Crippen LogP contribution is -2.34. The van der Waals surface area contributed by atoms with E-state index in [1.54, 1.807) is 62.3 Å². The summed E-state index contributed by atoms with van der Waals surface area (Å²) in [6.07, 6.45) is 2.28. The number of carbonyl (C=O) groups excluding carboxylic acids is 1. The highest BCUT2D eigenvalue weighted by molar-refractivity contribution is 7.92. The van der Waals surface area contributed by atoms with Gasteiger partial charge in [-0.1, -0.05) is 48.8 Å². The first-order valence-electron chi connectivity index (χ1n) is 14.7. The lowest BCUT2D eigenvalue weighted by Gasteiger charge is -2.16. The zero-order valence-corrected chi connectivity index (χ0v) is 27.1. The van der Waals surface area contributed by atoms with Gasteiger partial charge in [0.05, 0.1) is 29.9 Å². The maximum absolute atomic E-state index is 14.0. The number of rotatable bonds is 11. The molecule has 0 saturated carbocycles. The summed E-state index contributed by atoms with van der Waals surface area (Å²) in [5.74, 6) is 1.05. The number of para-hydroxylation sites is 2. The topological polar surface area (TPSA) is 145 Å². The summed E-state index contributed by atoms with van der Waals surface area (Å²) in [6, 6.07) is 14.0. The molecular weight excluding hydrogens is 594 g/mol. The molecule has 5 aromatic rings. The zero-order chi connectivity index (χ0) is 32.5. The number of nitrogens with zero attached hydrogens (tertiary/aromatic N) is 6. The summed E-state index contributed by atoms with van der Waals surface area (Å²) < 4.78 is 38.2. The van der Waals surface area contributed by atoms with Gasteiger partial charge in [-0.2, -0.15) is 5.10 Å². The van der Waals surface area contributed by atoms with E-state index >= 15 is 0 Å². The van der Waals surface area contributed by atoms with Crippen LogP contribution < -0.4 is 10.3 Å². The largest absolute Gasteiger partial charge is 0.359 e. The van der Waals surface area contributed by atoms with Crippen LogP contribution in [0.1, 0.15) is 53.9 Å². The van der Waals surface area contributed by atoms with Gasteiger partial charge in [-0.15, -0.1) is 0 Å². The number of benzene rings is 2. The number of carbonyl (C=O) groups is 1. The molecule has 2 aromatic carbocycles. The molecule has 3 aromatic heterocycles. The Hall–Kier alpha value is -4.78. The molecule has 1 amide bonds. The average Bonchev–Trinajstić information content (AvgIpc) is 3.54. The van der Waals surface area contributed by atoms with Crippen molar-refractivity contribution in [2.45, 2.75) is 64.8 Å². The molecular formula is C32H37N7O5S. The van der Waals surface area contributed by atoms with Crippen LogP contribution in [-0.4, -0.2) is 57.8 Å². The molecule has 5 rings (SSSR count). The Balaban J connectivity index is 1.64. The molecule has 12 nitrogen and oxygen atoms in total.